The van der Waals surface area contributed by atoms with Crippen LogP contribution in [0.5, 0.6) is 0 Å². The Morgan fingerprint density at radius 2 is 2.17 bits per heavy atom. The summed E-state index contributed by atoms with van der Waals surface area (Å²) >= 11 is 0.825. The third kappa shape index (κ3) is 3.34. The first-order valence-electron chi connectivity index (χ1n) is 5.20. The van der Waals surface area contributed by atoms with Gasteiger partial charge in [-0.2, -0.15) is 13.2 Å². The second kappa shape index (κ2) is 4.75. The molecule has 1 N–H and O–H groups in total. The summed E-state index contributed by atoms with van der Waals surface area (Å²) in [7, 11) is 0. The van der Waals surface area contributed by atoms with E-state index < -0.39 is 17.4 Å². The van der Waals surface area contributed by atoms with Gasteiger partial charge in [-0.1, -0.05) is 11.8 Å². The van der Waals surface area contributed by atoms with Crippen molar-refractivity contribution in [3.05, 3.63) is 22.1 Å². The number of ketones is 1. The van der Waals surface area contributed by atoms with Gasteiger partial charge < -0.3 is 4.98 Å². The van der Waals surface area contributed by atoms with Crippen molar-refractivity contribution in [1.82, 2.24) is 9.97 Å². The molecule has 1 aliphatic carbocycles. The minimum atomic E-state index is -4.66. The molecule has 18 heavy (non-hydrogen) atoms. The van der Waals surface area contributed by atoms with Crippen LogP contribution in [0, 0.1) is 5.92 Å². The second-order valence-corrected chi connectivity index (χ2v) is 4.93. The van der Waals surface area contributed by atoms with Crippen molar-refractivity contribution in [2.75, 3.05) is 5.75 Å². The smallest absolute Gasteiger partial charge is 0.301 e. The zero-order valence-electron chi connectivity index (χ0n) is 9.08. The van der Waals surface area contributed by atoms with Crippen molar-refractivity contribution < 1.29 is 18.0 Å². The molecule has 0 amide bonds. The van der Waals surface area contributed by atoms with E-state index in [1.807, 2.05) is 0 Å². The Labute approximate surface area is 104 Å². The van der Waals surface area contributed by atoms with Crippen LogP contribution in [0.2, 0.25) is 0 Å². The van der Waals surface area contributed by atoms with Crippen LogP contribution in [0.1, 0.15) is 18.5 Å². The van der Waals surface area contributed by atoms with Gasteiger partial charge in [0.15, 0.2) is 10.9 Å². The van der Waals surface area contributed by atoms with E-state index in [1.54, 1.807) is 0 Å². The van der Waals surface area contributed by atoms with Gasteiger partial charge in [0.1, 0.15) is 5.78 Å². The minimum absolute atomic E-state index is 0.0138. The predicted octanol–water partition coefficient (Wildman–Crippen LogP) is 1.86. The third-order valence-electron chi connectivity index (χ3n) is 2.39. The summed E-state index contributed by atoms with van der Waals surface area (Å²) in [6, 6.07) is 0.396. The number of aromatic amines is 1. The number of carbonyl (C=O) groups is 1. The Balaban J connectivity index is 2.10. The van der Waals surface area contributed by atoms with E-state index in [1.165, 1.54) is 0 Å². The quantitative estimate of drug-likeness (QED) is 0.674. The van der Waals surface area contributed by atoms with Gasteiger partial charge in [0.2, 0.25) is 0 Å². The molecule has 8 heteroatoms. The molecule has 0 atom stereocenters. The number of H-pyrrole nitrogens is 1. The van der Waals surface area contributed by atoms with Crippen molar-refractivity contribution in [1.29, 1.82) is 0 Å². The summed E-state index contributed by atoms with van der Waals surface area (Å²) in [5.41, 5.74) is -2.12. The van der Waals surface area contributed by atoms with Gasteiger partial charge in [-0.05, 0) is 12.8 Å². The maximum atomic E-state index is 12.4. The molecular formula is C10H9F3N2O2S. The van der Waals surface area contributed by atoms with Crippen LogP contribution in [0.25, 0.3) is 0 Å². The van der Waals surface area contributed by atoms with Crippen molar-refractivity contribution in [3.63, 3.8) is 0 Å². The van der Waals surface area contributed by atoms with Gasteiger partial charge in [-0.3, -0.25) is 9.59 Å². The van der Waals surface area contributed by atoms with Crippen LogP contribution in [0.3, 0.4) is 0 Å². The van der Waals surface area contributed by atoms with E-state index in [0.29, 0.717) is 6.07 Å². The number of aromatic nitrogens is 2. The number of carbonyl (C=O) groups excluding carboxylic acids is 1. The fraction of sp³-hybridized carbons (Fsp3) is 0.500. The lowest BCUT2D eigenvalue weighted by molar-refractivity contribution is -0.141. The number of hydrogen-bond acceptors (Lipinski definition) is 4. The topological polar surface area (TPSA) is 62.8 Å². The molecule has 0 bridgehead atoms. The number of nitrogens with zero attached hydrogens (tertiary/aromatic N) is 1. The summed E-state index contributed by atoms with van der Waals surface area (Å²) < 4.78 is 37.2. The van der Waals surface area contributed by atoms with Crippen LogP contribution in [-0.2, 0) is 11.0 Å². The Morgan fingerprint density at radius 3 is 2.72 bits per heavy atom. The van der Waals surface area contributed by atoms with Crippen molar-refractivity contribution in [2.45, 2.75) is 24.2 Å². The van der Waals surface area contributed by atoms with E-state index in [-0.39, 0.29) is 22.6 Å². The summed E-state index contributed by atoms with van der Waals surface area (Å²) in [5, 5.41) is -0.177. The number of Topliss-reactive ketones (excluding diaryl/α,β-unsaturated/α-hetero) is 1. The summed E-state index contributed by atoms with van der Waals surface area (Å²) in [4.78, 5) is 27.9. The lowest BCUT2D eigenvalue weighted by Crippen LogP contribution is -2.17. The molecule has 0 saturated heterocycles. The Kier molecular flexibility index (Phi) is 3.47. The highest BCUT2D eigenvalue weighted by molar-refractivity contribution is 7.99. The number of hydrogen-bond donors (Lipinski definition) is 1. The van der Waals surface area contributed by atoms with Gasteiger partial charge >= 0.3 is 6.18 Å². The van der Waals surface area contributed by atoms with Crippen LogP contribution >= 0.6 is 11.8 Å². The zero-order chi connectivity index (χ0) is 13.3. The highest BCUT2D eigenvalue weighted by Gasteiger charge is 2.34. The van der Waals surface area contributed by atoms with Gasteiger partial charge in [0.05, 0.1) is 5.75 Å². The summed E-state index contributed by atoms with van der Waals surface area (Å²) in [6.45, 7) is 0. The second-order valence-electron chi connectivity index (χ2n) is 3.96. The molecule has 1 aromatic rings. The van der Waals surface area contributed by atoms with E-state index in [9.17, 15) is 22.8 Å². The molecule has 1 fully saturated rings. The Morgan fingerprint density at radius 1 is 1.50 bits per heavy atom. The summed E-state index contributed by atoms with van der Waals surface area (Å²) in [6.07, 6.45) is -2.98. The SMILES string of the molecule is O=C(CSc1nc(C(F)(F)F)cc(=O)[nH]1)C1CC1. The number of alkyl halides is 3. The van der Waals surface area contributed by atoms with Crippen molar-refractivity contribution in [2.24, 2.45) is 5.92 Å². The molecule has 1 aromatic heterocycles. The first kappa shape index (κ1) is 13.1. The number of thioether (sulfide) groups is 1. The van der Waals surface area contributed by atoms with Crippen LogP contribution in [-0.4, -0.2) is 21.5 Å². The van der Waals surface area contributed by atoms with Crippen LogP contribution in [0.4, 0.5) is 13.2 Å². The normalized spacial score (nSPS) is 15.7. The molecule has 4 nitrogen and oxygen atoms in total. The number of halogens is 3. The van der Waals surface area contributed by atoms with Crippen molar-refractivity contribution >= 4 is 17.5 Å². The van der Waals surface area contributed by atoms with Gasteiger partial charge in [0, 0.05) is 12.0 Å². The van der Waals surface area contributed by atoms with Crippen molar-refractivity contribution in [3.8, 4) is 0 Å². The molecule has 0 unspecified atom stereocenters. The lowest BCUT2D eigenvalue weighted by atomic mass is 10.3. The largest absolute Gasteiger partial charge is 0.433 e. The average Bonchev–Trinajstić information content (AvgIpc) is 3.07. The fourth-order valence-electron chi connectivity index (χ4n) is 1.31. The molecule has 0 spiro atoms. The van der Waals surface area contributed by atoms with Crippen LogP contribution in [0.15, 0.2) is 16.0 Å². The molecule has 0 aliphatic heterocycles. The first-order valence-corrected chi connectivity index (χ1v) is 6.19. The summed E-state index contributed by atoms with van der Waals surface area (Å²) in [5.74, 6) is 0.0598. The molecule has 0 radical (unpaired) electrons. The lowest BCUT2D eigenvalue weighted by Gasteiger charge is -2.06. The highest BCUT2D eigenvalue weighted by Crippen LogP contribution is 2.32. The molecule has 98 valence electrons. The Bertz CT molecular complexity index is 523. The van der Waals surface area contributed by atoms with Gasteiger partial charge in [-0.25, -0.2) is 4.98 Å². The average molecular weight is 278 g/mol. The van der Waals surface area contributed by atoms with E-state index in [4.69, 9.17) is 0 Å². The van der Waals surface area contributed by atoms with Crippen LogP contribution < -0.4 is 5.56 Å². The van der Waals surface area contributed by atoms with Gasteiger partial charge in [-0.15, -0.1) is 0 Å². The highest BCUT2D eigenvalue weighted by atomic mass is 32.2. The Hall–Kier alpha value is -1.31. The third-order valence-corrected chi connectivity index (χ3v) is 3.29. The standard InChI is InChI=1S/C10H9F3N2O2S/c11-10(12,13)7-3-8(17)15-9(14-7)18-4-6(16)5-1-2-5/h3,5H,1-2,4H2,(H,14,15,17). The molecule has 1 heterocycles. The molecule has 0 aromatic carbocycles. The minimum Gasteiger partial charge on any atom is -0.301 e. The fourth-order valence-corrected chi connectivity index (χ4v) is 2.16. The predicted molar refractivity (Wildman–Crippen MR) is 58.3 cm³/mol. The molecule has 1 aliphatic rings. The molecular weight excluding hydrogens is 269 g/mol. The van der Waals surface area contributed by atoms with E-state index in [2.05, 4.69) is 9.97 Å². The number of rotatable bonds is 4. The van der Waals surface area contributed by atoms with Gasteiger partial charge in [0.25, 0.3) is 5.56 Å². The van der Waals surface area contributed by atoms with E-state index >= 15 is 0 Å². The molecule has 2 rings (SSSR count). The maximum Gasteiger partial charge on any atom is 0.433 e. The first-order chi connectivity index (χ1) is 8.36. The number of nitrogens with one attached hydrogen (secondary N) is 1. The molecule has 1 saturated carbocycles. The monoisotopic (exact) mass is 278 g/mol. The maximum absolute atomic E-state index is 12.4. The zero-order valence-corrected chi connectivity index (χ0v) is 9.90. The van der Waals surface area contributed by atoms with E-state index in [0.717, 1.165) is 24.6 Å².